The predicted molar refractivity (Wildman–Crippen MR) is 55.3 cm³/mol. The van der Waals surface area contributed by atoms with Gasteiger partial charge in [-0.2, -0.15) is 0 Å². The van der Waals surface area contributed by atoms with E-state index in [1.54, 1.807) is 12.5 Å². The quantitative estimate of drug-likeness (QED) is 0.570. The van der Waals surface area contributed by atoms with Gasteiger partial charge in [-0.1, -0.05) is 0 Å². The van der Waals surface area contributed by atoms with E-state index in [0.717, 1.165) is 31.5 Å². The molecule has 2 aromatic rings. The fourth-order valence-corrected chi connectivity index (χ4v) is 2.91. The summed E-state index contributed by atoms with van der Waals surface area (Å²) in [4.78, 5) is 0. The second-order valence-corrected chi connectivity index (χ2v) is 4.70. The van der Waals surface area contributed by atoms with E-state index in [9.17, 15) is 0 Å². The SMILES string of the molecule is [Se]=C1c2ccoc2C(=[Se])c2ccoc21. The zero-order valence-electron chi connectivity index (χ0n) is 6.94. The van der Waals surface area contributed by atoms with Gasteiger partial charge >= 0.3 is 96.1 Å². The summed E-state index contributed by atoms with van der Waals surface area (Å²) in [6.07, 6.45) is 3.37. The van der Waals surface area contributed by atoms with Gasteiger partial charge in [-0.25, -0.2) is 0 Å². The molecule has 0 saturated carbocycles. The van der Waals surface area contributed by atoms with E-state index in [1.165, 1.54) is 0 Å². The first-order valence-electron chi connectivity index (χ1n) is 4.03. The van der Waals surface area contributed by atoms with Crippen molar-refractivity contribution in [2.45, 2.75) is 0 Å². The van der Waals surface area contributed by atoms with Crippen LogP contribution in [0.25, 0.3) is 0 Å². The third-order valence-electron chi connectivity index (χ3n) is 2.23. The number of hydrogen-bond donors (Lipinski definition) is 0. The minimum absolute atomic E-state index is 0.882. The maximum atomic E-state index is 5.41. The van der Waals surface area contributed by atoms with Gasteiger partial charge in [0.05, 0.1) is 0 Å². The zero-order chi connectivity index (χ0) is 9.71. The van der Waals surface area contributed by atoms with E-state index in [2.05, 4.69) is 31.2 Å². The van der Waals surface area contributed by atoms with Crippen LogP contribution >= 0.6 is 0 Å². The van der Waals surface area contributed by atoms with Crippen molar-refractivity contribution in [3.05, 3.63) is 47.3 Å². The Hall–Kier alpha value is -0.661. The van der Waals surface area contributed by atoms with E-state index in [4.69, 9.17) is 8.83 Å². The van der Waals surface area contributed by atoms with Crippen LogP contribution in [0.5, 0.6) is 0 Å². The molecule has 68 valence electrons. The van der Waals surface area contributed by atoms with E-state index < -0.39 is 0 Å². The summed E-state index contributed by atoms with van der Waals surface area (Å²) in [5.74, 6) is 1.76. The van der Waals surface area contributed by atoms with Crippen molar-refractivity contribution in [1.29, 1.82) is 0 Å². The molecule has 4 heteroatoms. The molecule has 14 heavy (non-hydrogen) atoms. The monoisotopic (exact) mass is 316 g/mol. The van der Waals surface area contributed by atoms with Crippen LogP contribution in [0.15, 0.2) is 33.5 Å². The second-order valence-electron chi connectivity index (χ2n) is 2.99. The van der Waals surface area contributed by atoms with Crippen LogP contribution < -0.4 is 0 Å². The van der Waals surface area contributed by atoms with E-state index in [1.807, 2.05) is 12.1 Å². The van der Waals surface area contributed by atoms with Crippen LogP contribution in [0.4, 0.5) is 0 Å². The number of furan rings is 2. The van der Waals surface area contributed by atoms with Crippen molar-refractivity contribution < 1.29 is 8.83 Å². The molecule has 3 rings (SSSR count). The maximum absolute atomic E-state index is 5.41. The van der Waals surface area contributed by atoms with Gasteiger partial charge in [0, 0.05) is 0 Å². The Morgan fingerprint density at radius 2 is 1.21 bits per heavy atom. The van der Waals surface area contributed by atoms with Crippen LogP contribution in [0.3, 0.4) is 0 Å². The molecule has 0 radical (unpaired) electrons. The van der Waals surface area contributed by atoms with Gasteiger partial charge < -0.3 is 0 Å². The molecule has 2 aromatic heterocycles. The molecule has 1 aliphatic carbocycles. The number of fused-ring (bicyclic) bond motifs is 2. The Kier molecular flexibility index (Phi) is 1.80. The van der Waals surface area contributed by atoms with Crippen LogP contribution in [-0.2, 0) is 0 Å². The average molecular weight is 314 g/mol. The van der Waals surface area contributed by atoms with Gasteiger partial charge in [-0.3, -0.25) is 0 Å². The minimum atomic E-state index is 0.882. The van der Waals surface area contributed by atoms with E-state index >= 15 is 0 Å². The topological polar surface area (TPSA) is 26.3 Å². The molecular weight excluding hydrogens is 310 g/mol. The second kappa shape index (κ2) is 2.91. The Bertz CT molecular complexity index is 457. The molecule has 1 aliphatic rings. The van der Waals surface area contributed by atoms with Gasteiger partial charge in [-0.15, -0.1) is 0 Å². The van der Waals surface area contributed by atoms with Crippen molar-refractivity contribution >= 4 is 40.0 Å². The van der Waals surface area contributed by atoms with Crippen LogP contribution in [0.2, 0.25) is 0 Å². The van der Waals surface area contributed by atoms with Gasteiger partial charge in [0.25, 0.3) is 0 Å². The Balaban J connectivity index is 2.37. The molecule has 0 spiro atoms. The fourth-order valence-electron chi connectivity index (χ4n) is 1.57. The molecule has 0 aliphatic heterocycles. The molecule has 0 saturated heterocycles. The summed E-state index contributed by atoms with van der Waals surface area (Å²) in [6, 6.07) is 3.87. The molecule has 0 bridgehead atoms. The fraction of sp³-hybridized carbons (Fsp3) is 0. The van der Waals surface area contributed by atoms with Crippen LogP contribution in [-0.4, -0.2) is 40.0 Å². The molecule has 2 nitrogen and oxygen atoms in total. The molecular formula is C10H4O2Se2. The normalized spacial score (nSPS) is 14.0. The van der Waals surface area contributed by atoms with E-state index in [0.29, 0.717) is 0 Å². The Morgan fingerprint density at radius 1 is 0.786 bits per heavy atom. The number of hydrogen-bond acceptors (Lipinski definition) is 2. The summed E-state index contributed by atoms with van der Waals surface area (Å²) >= 11 is 6.04. The number of rotatable bonds is 0. The first-order chi connectivity index (χ1) is 6.79. The molecule has 2 heterocycles. The summed E-state index contributed by atoms with van der Waals surface area (Å²) in [5, 5.41) is 0. The standard InChI is InChI=1S/C10H4O2Se2/c13-9-5-1-3-11-7(5)10(14)6-2-4-12-8(6)9/h1-4H. The van der Waals surface area contributed by atoms with Crippen molar-refractivity contribution in [3.63, 3.8) is 0 Å². The first-order valence-corrected chi connectivity index (χ1v) is 5.74. The summed E-state index contributed by atoms with van der Waals surface area (Å²) in [5.41, 5.74) is 2.11. The molecule has 0 amide bonds. The van der Waals surface area contributed by atoms with Crippen molar-refractivity contribution in [2.75, 3.05) is 0 Å². The third kappa shape index (κ3) is 0.971. The van der Waals surface area contributed by atoms with E-state index in [-0.39, 0.29) is 0 Å². The summed E-state index contributed by atoms with van der Waals surface area (Å²) < 4.78 is 12.8. The summed E-state index contributed by atoms with van der Waals surface area (Å²) in [7, 11) is 0. The Morgan fingerprint density at radius 3 is 1.64 bits per heavy atom. The Labute approximate surface area is 96.0 Å². The summed E-state index contributed by atoms with van der Waals surface area (Å²) in [6.45, 7) is 0. The molecule has 0 aromatic carbocycles. The van der Waals surface area contributed by atoms with Crippen LogP contribution in [0.1, 0.15) is 22.6 Å². The first kappa shape index (κ1) is 8.63. The van der Waals surface area contributed by atoms with Crippen molar-refractivity contribution in [1.82, 2.24) is 0 Å². The average Bonchev–Trinajstić information content (AvgIpc) is 2.82. The molecule has 0 N–H and O–H groups in total. The third-order valence-corrected chi connectivity index (χ3v) is 3.93. The van der Waals surface area contributed by atoms with Gasteiger partial charge in [0.15, 0.2) is 0 Å². The van der Waals surface area contributed by atoms with Gasteiger partial charge in [0.2, 0.25) is 0 Å². The van der Waals surface area contributed by atoms with Crippen LogP contribution in [0, 0.1) is 0 Å². The van der Waals surface area contributed by atoms with Gasteiger partial charge in [-0.05, 0) is 0 Å². The molecule has 0 atom stereocenters. The molecule has 0 unspecified atom stereocenters. The van der Waals surface area contributed by atoms with Crippen molar-refractivity contribution in [2.24, 2.45) is 0 Å². The van der Waals surface area contributed by atoms with Crippen molar-refractivity contribution in [3.8, 4) is 0 Å². The predicted octanol–water partition coefficient (Wildman–Crippen LogP) is 0.661. The van der Waals surface area contributed by atoms with Gasteiger partial charge in [0.1, 0.15) is 0 Å². The zero-order valence-corrected chi connectivity index (χ0v) is 10.4. The molecule has 0 fully saturated rings.